The predicted molar refractivity (Wildman–Crippen MR) is 63.6 cm³/mol. The summed E-state index contributed by atoms with van der Waals surface area (Å²) in [5.74, 6) is -3.27. The molecule has 2 N–H and O–H groups in total. The molecule has 0 saturated heterocycles. The fourth-order valence-corrected chi connectivity index (χ4v) is 1.19. The molecule has 0 bridgehead atoms. The van der Waals surface area contributed by atoms with Crippen molar-refractivity contribution in [3.05, 3.63) is 0 Å². The highest BCUT2D eigenvalue weighted by molar-refractivity contribution is 6.26. The molecule has 0 aromatic heterocycles. The number of hydrogen-bond acceptors (Lipinski definition) is 6. The van der Waals surface area contributed by atoms with Crippen LogP contribution in [0.4, 0.5) is 13.2 Å². The lowest BCUT2D eigenvalue weighted by Crippen LogP contribution is -2.47. The molecular weight excluding hydrogens is 297 g/mol. The van der Waals surface area contributed by atoms with Crippen molar-refractivity contribution in [1.82, 2.24) is 5.32 Å². The molecule has 2 atom stereocenters. The summed E-state index contributed by atoms with van der Waals surface area (Å²) < 4.78 is 43.9. The average Bonchev–Trinajstić information content (AvgIpc) is 2.39. The number of nitrogens with one attached hydrogen (secondary N) is 2. The molecule has 10 heteroatoms. The van der Waals surface area contributed by atoms with Gasteiger partial charge < -0.3 is 20.2 Å². The molecule has 0 unspecified atom stereocenters. The fraction of sp³-hybridized carbons (Fsp3) is 0.636. The lowest BCUT2D eigenvalue weighted by molar-refractivity contribution is -0.306. The number of methoxy groups -OCH3 is 1. The number of halogens is 3. The van der Waals surface area contributed by atoms with E-state index in [1.807, 2.05) is 5.32 Å². The third kappa shape index (κ3) is 8.02. The zero-order chi connectivity index (χ0) is 16.6. The fourth-order valence-electron chi connectivity index (χ4n) is 1.19. The lowest BCUT2D eigenvalue weighted by Gasteiger charge is -2.19. The Morgan fingerprint density at radius 1 is 1.33 bits per heavy atom. The monoisotopic (exact) mass is 312 g/mol. The van der Waals surface area contributed by atoms with Crippen molar-refractivity contribution >= 4 is 23.9 Å². The molecule has 0 aromatic carbocycles. The van der Waals surface area contributed by atoms with Gasteiger partial charge in [-0.1, -0.05) is 0 Å². The topological polar surface area (TPSA) is 106 Å². The van der Waals surface area contributed by atoms with Crippen molar-refractivity contribution in [2.24, 2.45) is 0 Å². The van der Waals surface area contributed by atoms with Crippen molar-refractivity contribution in [2.45, 2.75) is 38.3 Å². The Labute approximate surface area is 118 Å². The Kier molecular flexibility index (Phi) is 7.56. The molecule has 0 saturated carbocycles. The Hall–Kier alpha value is -1.97. The minimum absolute atomic E-state index is 0.386. The average molecular weight is 312 g/mol. The van der Waals surface area contributed by atoms with Gasteiger partial charge >= 0.3 is 12.3 Å². The summed E-state index contributed by atoms with van der Waals surface area (Å²) in [6.07, 6.45) is -6.54. The molecule has 0 heterocycles. The maximum Gasteiger partial charge on any atom is 0.575 e. The maximum atomic E-state index is 12.0. The summed E-state index contributed by atoms with van der Waals surface area (Å²) in [7, 11) is 1.20. The van der Waals surface area contributed by atoms with E-state index in [-0.39, 0.29) is 6.42 Å². The number of ketones is 1. The van der Waals surface area contributed by atoms with Gasteiger partial charge in [0.15, 0.2) is 5.78 Å². The second-order valence-electron chi connectivity index (χ2n) is 3.96. The molecule has 1 amide bonds. The zero-order valence-corrected chi connectivity index (χ0v) is 11.3. The van der Waals surface area contributed by atoms with Gasteiger partial charge in [0, 0.05) is 13.5 Å². The Bertz CT molecular complexity index is 411. The Balaban J connectivity index is 4.83. The van der Waals surface area contributed by atoms with E-state index in [2.05, 4.69) is 9.47 Å². The summed E-state index contributed by atoms with van der Waals surface area (Å²) in [4.78, 5) is 33.8. The minimum Gasteiger partial charge on any atom is -0.372 e. The molecule has 0 aromatic rings. The zero-order valence-electron chi connectivity index (χ0n) is 11.3. The van der Waals surface area contributed by atoms with E-state index >= 15 is 0 Å². The maximum absolute atomic E-state index is 12.0. The molecule has 7 nitrogen and oxygen atoms in total. The van der Waals surface area contributed by atoms with Crippen LogP contribution in [0.2, 0.25) is 0 Å². The number of carbonyl (C=O) groups is 3. The summed E-state index contributed by atoms with van der Waals surface area (Å²) in [6.45, 7) is 1.32. The van der Waals surface area contributed by atoms with Gasteiger partial charge in [0.05, 0.1) is 6.21 Å². The third-order valence-electron chi connectivity index (χ3n) is 2.38. The summed E-state index contributed by atoms with van der Waals surface area (Å²) >= 11 is 0. The second kappa shape index (κ2) is 8.35. The molecule has 0 aliphatic rings. The van der Waals surface area contributed by atoms with Crippen LogP contribution in [0.1, 0.15) is 19.8 Å². The van der Waals surface area contributed by atoms with Crippen LogP contribution in [0.3, 0.4) is 0 Å². The highest BCUT2D eigenvalue weighted by atomic mass is 19.4. The Morgan fingerprint density at radius 3 is 2.33 bits per heavy atom. The molecule has 21 heavy (non-hydrogen) atoms. The summed E-state index contributed by atoms with van der Waals surface area (Å²) in [5, 5.41) is 8.67. The van der Waals surface area contributed by atoms with E-state index in [4.69, 9.17) is 5.41 Å². The van der Waals surface area contributed by atoms with E-state index in [0.717, 1.165) is 0 Å². The summed E-state index contributed by atoms with van der Waals surface area (Å²) in [6, 6.07) is -1.67. The third-order valence-corrected chi connectivity index (χ3v) is 2.38. The van der Waals surface area contributed by atoms with Crippen LogP contribution in [0.15, 0.2) is 0 Å². The number of ether oxygens (including phenoxy) is 2. The molecule has 0 radical (unpaired) electrons. The molecular formula is C11H15F3N2O5. The first kappa shape index (κ1) is 19.0. The number of amides is 1. The van der Waals surface area contributed by atoms with Crippen molar-refractivity contribution in [3.63, 3.8) is 0 Å². The van der Waals surface area contributed by atoms with Crippen LogP contribution in [-0.2, 0) is 23.9 Å². The highest BCUT2D eigenvalue weighted by Crippen LogP contribution is 2.18. The van der Waals surface area contributed by atoms with Gasteiger partial charge in [0.2, 0.25) is 5.91 Å². The standard InChI is InChI=1S/C11H15F3N2O5/c1-6(20-2)9(18)16-8(4-3-7(17)5-15)10(19)21-11(12,13)14/h5-6,8,15H,3-4H2,1-2H3,(H,16,18)/t6-,8+/m1/s1. The normalized spacial score (nSPS) is 14.0. The predicted octanol–water partition coefficient (Wildman–Crippen LogP) is 0.568. The number of hydrogen-bond donors (Lipinski definition) is 2. The molecule has 0 rings (SSSR count). The minimum atomic E-state index is -5.20. The SMILES string of the molecule is CO[C@H](C)C(=O)N[C@@H](CCC(=O)C=N)C(=O)OC(F)(F)F. The molecule has 0 aliphatic heterocycles. The van der Waals surface area contributed by atoms with Crippen LogP contribution in [0.5, 0.6) is 0 Å². The van der Waals surface area contributed by atoms with Crippen molar-refractivity contribution in [3.8, 4) is 0 Å². The van der Waals surface area contributed by atoms with Crippen molar-refractivity contribution in [1.29, 1.82) is 5.41 Å². The number of rotatable bonds is 8. The van der Waals surface area contributed by atoms with Gasteiger partial charge in [-0.25, -0.2) is 4.79 Å². The number of carbonyl (C=O) groups excluding carboxylic acids is 3. The molecule has 120 valence electrons. The van der Waals surface area contributed by atoms with Gasteiger partial charge in [-0.2, -0.15) is 0 Å². The van der Waals surface area contributed by atoms with Gasteiger partial charge in [-0.3, -0.25) is 9.59 Å². The van der Waals surface area contributed by atoms with E-state index in [1.165, 1.54) is 14.0 Å². The van der Waals surface area contributed by atoms with Crippen LogP contribution < -0.4 is 5.32 Å². The first-order valence-corrected chi connectivity index (χ1v) is 5.76. The quantitative estimate of drug-likeness (QED) is 0.503. The smallest absolute Gasteiger partial charge is 0.372 e. The Morgan fingerprint density at radius 2 is 1.90 bits per heavy atom. The molecule has 0 aliphatic carbocycles. The first-order chi connectivity index (χ1) is 9.60. The van der Waals surface area contributed by atoms with E-state index in [0.29, 0.717) is 6.21 Å². The van der Waals surface area contributed by atoms with Gasteiger partial charge in [0.25, 0.3) is 0 Å². The van der Waals surface area contributed by atoms with Crippen molar-refractivity contribution in [2.75, 3.05) is 7.11 Å². The van der Waals surface area contributed by atoms with Crippen LogP contribution in [-0.4, -0.2) is 49.5 Å². The second-order valence-corrected chi connectivity index (χ2v) is 3.96. The van der Waals surface area contributed by atoms with Crippen LogP contribution >= 0.6 is 0 Å². The van der Waals surface area contributed by atoms with Gasteiger partial charge in [-0.15, -0.1) is 13.2 Å². The highest BCUT2D eigenvalue weighted by Gasteiger charge is 2.37. The lowest BCUT2D eigenvalue weighted by atomic mass is 10.1. The van der Waals surface area contributed by atoms with Crippen LogP contribution in [0, 0.1) is 5.41 Å². The van der Waals surface area contributed by atoms with E-state index < -0.39 is 42.6 Å². The van der Waals surface area contributed by atoms with E-state index in [9.17, 15) is 27.6 Å². The van der Waals surface area contributed by atoms with Gasteiger partial charge in [-0.05, 0) is 13.3 Å². The number of Topliss-reactive ketones (excluding diaryl/α,β-unsaturated/α-hetero) is 1. The van der Waals surface area contributed by atoms with E-state index in [1.54, 1.807) is 0 Å². The van der Waals surface area contributed by atoms with Crippen molar-refractivity contribution < 1.29 is 37.0 Å². The number of alkyl halides is 3. The molecule has 0 spiro atoms. The summed E-state index contributed by atoms with van der Waals surface area (Å²) in [5.41, 5.74) is 0. The number of esters is 1. The molecule has 0 fully saturated rings. The van der Waals surface area contributed by atoms with Gasteiger partial charge in [0.1, 0.15) is 12.1 Å². The largest absolute Gasteiger partial charge is 0.575 e. The first-order valence-electron chi connectivity index (χ1n) is 5.76. The van der Waals surface area contributed by atoms with Crippen LogP contribution in [0.25, 0.3) is 0 Å².